The fraction of sp³-hybridized carbons (Fsp3) is 0.571. The summed E-state index contributed by atoms with van der Waals surface area (Å²) in [6.45, 7) is 2.26. The number of amides is 2. The Morgan fingerprint density at radius 3 is 1.59 bits per heavy atom. The van der Waals surface area contributed by atoms with E-state index in [4.69, 9.17) is 0 Å². The van der Waals surface area contributed by atoms with Gasteiger partial charge < -0.3 is 15.7 Å². The molecule has 6 nitrogen and oxygen atoms in total. The smallest absolute Gasteiger partial charge is 0.326 e. The summed E-state index contributed by atoms with van der Waals surface area (Å²) in [6, 6.07) is 16.1. The summed E-state index contributed by atoms with van der Waals surface area (Å²) < 4.78 is 0. The minimum atomic E-state index is -1.11. The highest BCUT2D eigenvalue weighted by Crippen LogP contribution is 2.16. The van der Waals surface area contributed by atoms with Crippen molar-refractivity contribution in [3.05, 3.63) is 71.8 Å². The van der Waals surface area contributed by atoms with Gasteiger partial charge in [-0.1, -0.05) is 157 Å². The number of hydrogen-bond donors (Lipinski definition) is 3. The SMILES string of the molecule is CCCCCCCCCCCCCCCCCC(=O)N[C@H](C(=O)N[C@H](Cc1ccccc1)C(=O)O)c1ccccc1. The van der Waals surface area contributed by atoms with E-state index in [0.29, 0.717) is 12.0 Å². The van der Waals surface area contributed by atoms with Crippen molar-refractivity contribution in [2.75, 3.05) is 0 Å². The zero-order valence-electron chi connectivity index (χ0n) is 25.1. The van der Waals surface area contributed by atoms with E-state index in [1.165, 1.54) is 77.0 Å². The van der Waals surface area contributed by atoms with Gasteiger partial charge >= 0.3 is 5.97 Å². The molecule has 0 heterocycles. The Morgan fingerprint density at radius 1 is 0.634 bits per heavy atom. The molecule has 2 atom stereocenters. The number of carboxylic acid groups (broad SMARTS) is 1. The molecule has 0 saturated carbocycles. The summed E-state index contributed by atoms with van der Waals surface area (Å²) in [5.74, 6) is -1.83. The molecule has 0 radical (unpaired) electrons. The van der Waals surface area contributed by atoms with Crippen LogP contribution < -0.4 is 10.6 Å². The lowest BCUT2D eigenvalue weighted by molar-refractivity contribution is -0.142. The van der Waals surface area contributed by atoms with E-state index in [9.17, 15) is 19.5 Å². The molecule has 2 aromatic rings. The first-order valence-electron chi connectivity index (χ1n) is 15.9. The second-order valence-corrected chi connectivity index (χ2v) is 11.2. The van der Waals surface area contributed by atoms with Crippen molar-refractivity contribution in [3.63, 3.8) is 0 Å². The molecular weight excluding hydrogens is 512 g/mol. The van der Waals surface area contributed by atoms with Gasteiger partial charge in [0.05, 0.1) is 0 Å². The molecular formula is C35H52N2O4. The number of carbonyl (C=O) groups is 3. The van der Waals surface area contributed by atoms with Crippen molar-refractivity contribution in [1.29, 1.82) is 0 Å². The van der Waals surface area contributed by atoms with Crippen LogP contribution in [0.4, 0.5) is 0 Å². The highest BCUT2D eigenvalue weighted by atomic mass is 16.4. The highest BCUT2D eigenvalue weighted by Gasteiger charge is 2.27. The van der Waals surface area contributed by atoms with Gasteiger partial charge in [0.25, 0.3) is 0 Å². The third-order valence-electron chi connectivity index (χ3n) is 7.61. The molecule has 41 heavy (non-hydrogen) atoms. The van der Waals surface area contributed by atoms with Crippen LogP contribution in [0.2, 0.25) is 0 Å². The van der Waals surface area contributed by atoms with Crippen LogP contribution in [-0.2, 0) is 20.8 Å². The highest BCUT2D eigenvalue weighted by molar-refractivity contribution is 5.91. The average Bonchev–Trinajstić information content (AvgIpc) is 2.98. The van der Waals surface area contributed by atoms with Crippen molar-refractivity contribution >= 4 is 17.8 Å². The van der Waals surface area contributed by atoms with Gasteiger partial charge in [-0.2, -0.15) is 0 Å². The molecule has 2 rings (SSSR count). The molecule has 0 bridgehead atoms. The summed E-state index contributed by atoms with van der Waals surface area (Å²) in [4.78, 5) is 37.9. The van der Waals surface area contributed by atoms with Crippen LogP contribution in [0.1, 0.15) is 127 Å². The average molecular weight is 565 g/mol. The van der Waals surface area contributed by atoms with Gasteiger partial charge in [0.15, 0.2) is 0 Å². The topological polar surface area (TPSA) is 95.5 Å². The lowest BCUT2D eigenvalue weighted by atomic mass is 10.0. The number of hydrogen-bond acceptors (Lipinski definition) is 3. The molecule has 0 aliphatic rings. The van der Waals surface area contributed by atoms with E-state index in [-0.39, 0.29) is 12.3 Å². The molecule has 0 fully saturated rings. The molecule has 0 unspecified atom stereocenters. The zero-order chi connectivity index (χ0) is 29.5. The monoisotopic (exact) mass is 564 g/mol. The standard InChI is InChI=1S/C35H52N2O4/c1-2-3-4-5-6-7-8-9-10-11-12-13-14-15-22-27-32(38)37-33(30-25-20-17-21-26-30)34(39)36-31(35(40)41)28-29-23-18-16-19-24-29/h16-21,23-26,31,33H,2-15,22,27-28H2,1H3,(H,36,39)(H,37,38)(H,40,41)/t31-,33+/m1/s1. The number of carbonyl (C=O) groups excluding carboxylic acids is 2. The first-order valence-corrected chi connectivity index (χ1v) is 15.9. The number of rotatable bonds is 23. The van der Waals surface area contributed by atoms with E-state index in [1.54, 1.807) is 24.3 Å². The van der Waals surface area contributed by atoms with E-state index in [2.05, 4.69) is 17.6 Å². The third-order valence-corrected chi connectivity index (χ3v) is 7.61. The molecule has 0 spiro atoms. The second-order valence-electron chi connectivity index (χ2n) is 11.2. The molecule has 6 heteroatoms. The van der Waals surface area contributed by atoms with Gasteiger partial charge in [0, 0.05) is 12.8 Å². The quantitative estimate of drug-likeness (QED) is 0.119. The first-order chi connectivity index (χ1) is 20.0. The van der Waals surface area contributed by atoms with Crippen molar-refractivity contribution < 1.29 is 19.5 Å². The summed E-state index contributed by atoms with van der Waals surface area (Å²) in [5.41, 5.74) is 1.44. The van der Waals surface area contributed by atoms with Gasteiger partial charge in [-0.25, -0.2) is 4.79 Å². The third kappa shape index (κ3) is 15.4. The largest absolute Gasteiger partial charge is 0.480 e. The van der Waals surface area contributed by atoms with E-state index < -0.39 is 24.0 Å². The van der Waals surface area contributed by atoms with Crippen molar-refractivity contribution in [1.82, 2.24) is 10.6 Å². The van der Waals surface area contributed by atoms with Gasteiger partial charge in [0.1, 0.15) is 12.1 Å². The summed E-state index contributed by atoms with van der Waals surface area (Å²) in [6.07, 6.45) is 19.4. The summed E-state index contributed by atoms with van der Waals surface area (Å²) in [7, 11) is 0. The predicted octanol–water partition coefficient (Wildman–Crippen LogP) is 7.92. The summed E-state index contributed by atoms with van der Waals surface area (Å²) >= 11 is 0. The van der Waals surface area contributed by atoms with Crippen LogP contribution in [0.3, 0.4) is 0 Å². The van der Waals surface area contributed by atoms with Gasteiger partial charge in [-0.3, -0.25) is 9.59 Å². The first kappa shape index (κ1) is 34.1. The Hall–Kier alpha value is -3.15. The van der Waals surface area contributed by atoms with Crippen molar-refractivity contribution in [2.24, 2.45) is 0 Å². The molecule has 3 N–H and O–H groups in total. The number of carboxylic acids is 1. The Kier molecular flexibility index (Phi) is 17.9. The van der Waals surface area contributed by atoms with E-state index in [1.807, 2.05) is 36.4 Å². The fourth-order valence-corrected chi connectivity index (χ4v) is 5.14. The van der Waals surface area contributed by atoms with Gasteiger partial charge in [0.2, 0.25) is 11.8 Å². The summed E-state index contributed by atoms with van der Waals surface area (Å²) in [5, 5.41) is 15.2. The zero-order valence-corrected chi connectivity index (χ0v) is 25.1. The predicted molar refractivity (Wildman–Crippen MR) is 167 cm³/mol. The maximum atomic E-state index is 13.2. The van der Waals surface area contributed by atoms with Crippen molar-refractivity contribution in [2.45, 2.75) is 128 Å². The Labute approximate surface area is 247 Å². The van der Waals surface area contributed by atoms with Crippen LogP contribution in [-0.4, -0.2) is 28.9 Å². The van der Waals surface area contributed by atoms with E-state index >= 15 is 0 Å². The van der Waals surface area contributed by atoms with Gasteiger partial charge in [-0.05, 0) is 17.5 Å². The number of benzene rings is 2. The molecule has 2 amide bonds. The Morgan fingerprint density at radius 2 is 1.10 bits per heavy atom. The molecule has 0 saturated heterocycles. The molecule has 0 aliphatic carbocycles. The van der Waals surface area contributed by atoms with Crippen LogP contribution in [0, 0.1) is 0 Å². The maximum absolute atomic E-state index is 13.2. The van der Waals surface area contributed by atoms with Crippen molar-refractivity contribution in [3.8, 4) is 0 Å². The Balaban J connectivity index is 1.68. The van der Waals surface area contributed by atoms with E-state index in [0.717, 1.165) is 24.8 Å². The van der Waals surface area contributed by atoms with Crippen LogP contribution >= 0.6 is 0 Å². The fourth-order valence-electron chi connectivity index (χ4n) is 5.14. The van der Waals surface area contributed by atoms with Crippen LogP contribution in [0.15, 0.2) is 60.7 Å². The normalized spacial score (nSPS) is 12.4. The van der Waals surface area contributed by atoms with Crippen LogP contribution in [0.25, 0.3) is 0 Å². The van der Waals surface area contributed by atoms with Crippen LogP contribution in [0.5, 0.6) is 0 Å². The van der Waals surface area contributed by atoms with Gasteiger partial charge in [-0.15, -0.1) is 0 Å². The lowest BCUT2D eigenvalue weighted by Gasteiger charge is -2.22. The minimum Gasteiger partial charge on any atom is -0.480 e. The molecule has 2 aromatic carbocycles. The second kappa shape index (κ2) is 21.6. The number of aliphatic carboxylic acids is 1. The Bertz CT molecular complexity index is 980. The molecule has 0 aliphatic heterocycles. The number of nitrogens with one attached hydrogen (secondary N) is 2. The number of unbranched alkanes of at least 4 members (excludes halogenated alkanes) is 14. The molecule has 0 aromatic heterocycles. The maximum Gasteiger partial charge on any atom is 0.326 e. The lowest BCUT2D eigenvalue weighted by Crippen LogP contribution is -2.48. The minimum absolute atomic E-state index is 0.163. The molecule has 226 valence electrons.